The fourth-order valence-corrected chi connectivity index (χ4v) is 2.84. The minimum atomic E-state index is -0.615. The second-order valence-corrected chi connectivity index (χ2v) is 6.49. The molecular formula is C20H23N3O2. The number of ketones is 1. The van der Waals surface area contributed by atoms with Crippen LogP contribution in [0.1, 0.15) is 15.9 Å². The van der Waals surface area contributed by atoms with Gasteiger partial charge in [0.15, 0.2) is 0 Å². The van der Waals surface area contributed by atoms with Crippen LogP contribution in [0, 0.1) is 6.92 Å². The largest absolute Gasteiger partial charge is 0.369 e. The molecule has 0 atom stereocenters. The van der Waals surface area contributed by atoms with Crippen molar-refractivity contribution < 1.29 is 9.59 Å². The van der Waals surface area contributed by atoms with Crippen LogP contribution in [0.3, 0.4) is 0 Å². The van der Waals surface area contributed by atoms with Crippen LogP contribution in [-0.2, 0) is 4.79 Å². The average molecular weight is 337 g/mol. The van der Waals surface area contributed by atoms with Gasteiger partial charge in [0.2, 0.25) is 0 Å². The molecule has 25 heavy (non-hydrogen) atoms. The second kappa shape index (κ2) is 7.49. The summed E-state index contributed by atoms with van der Waals surface area (Å²) in [6, 6.07) is 14.6. The molecule has 0 saturated carbocycles. The summed E-state index contributed by atoms with van der Waals surface area (Å²) in [5.41, 5.74) is 3.22. The molecule has 1 N–H and O–H groups in total. The molecule has 0 aliphatic carbocycles. The van der Waals surface area contributed by atoms with Crippen LogP contribution in [0.4, 0.5) is 11.4 Å². The molecule has 1 aliphatic rings. The Morgan fingerprint density at radius 2 is 1.48 bits per heavy atom. The van der Waals surface area contributed by atoms with Crippen molar-refractivity contribution in [2.24, 2.45) is 0 Å². The summed E-state index contributed by atoms with van der Waals surface area (Å²) < 4.78 is 0. The first-order chi connectivity index (χ1) is 12.0. The highest BCUT2D eigenvalue weighted by Gasteiger charge is 2.17. The molecule has 0 radical (unpaired) electrons. The number of nitrogens with zero attached hydrogens (tertiary/aromatic N) is 2. The SMILES string of the molecule is Cc1ccc(C(=O)C(=O)Nc2ccc(N3CCN(C)CC3)cc2)cc1. The molecule has 0 unspecified atom stereocenters. The Kier molecular flexibility index (Phi) is 5.14. The van der Waals surface area contributed by atoms with E-state index in [1.807, 2.05) is 43.3 Å². The minimum absolute atomic E-state index is 0.400. The van der Waals surface area contributed by atoms with E-state index < -0.39 is 11.7 Å². The van der Waals surface area contributed by atoms with Gasteiger partial charge in [-0.2, -0.15) is 0 Å². The first kappa shape index (κ1) is 17.2. The molecule has 1 saturated heterocycles. The minimum Gasteiger partial charge on any atom is -0.369 e. The van der Waals surface area contributed by atoms with E-state index in [1.54, 1.807) is 12.1 Å². The topological polar surface area (TPSA) is 52.7 Å². The van der Waals surface area contributed by atoms with Crippen molar-refractivity contribution in [3.63, 3.8) is 0 Å². The molecule has 130 valence electrons. The lowest BCUT2D eigenvalue weighted by Gasteiger charge is -2.34. The average Bonchev–Trinajstić information content (AvgIpc) is 2.63. The molecule has 0 aromatic heterocycles. The normalized spacial score (nSPS) is 15.0. The zero-order valence-electron chi connectivity index (χ0n) is 14.7. The molecule has 1 heterocycles. The number of likely N-dealkylation sites (N-methyl/N-ethyl adjacent to an activating group) is 1. The maximum absolute atomic E-state index is 12.2. The number of hydrogen-bond donors (Lipinski definition) is 1. The third-order valence-electron chi connectivity index (χ3n) is 4.51. The van der Waals surface area contributed by atoms with Crippen LogP contribution in [0.25, 0.3) is 0 Å². The van der Waals surface area contributed by atoms with Gasteiger partial charge in [0.25, 0.3) is 11.7 Å². The van der Waals surface area contributed by atoms with E-state index in [-0.39, 0.29) is 0 Å². The summed E-state index contributed by atoms with van der Waals surface area (Å²) in [4.78, 5) is 29.0. The van der Waals surface area contributed by atoms with Crippen LogP contribution in [0.5, 0.6) is 0 Å². The van der Waals surface area contributed by atoms with Crippen molar-refractivity contribution in [3.8, 4) is 0 Å². The maximum Gasteiger partial charge on any atom is 0.296 e. The van der Waals surface area contributed by atoms with Gasteiger partial charge >= 0.3 is 0 Å². The van der Waals surface area contributed by atoms with E-state index in [4.69, 9.17) is 0 Å². The molecule has 5 nitrogen and oxygen atoms in total. The fourth-order valence-electron chi connectivity index (χ4n) is 2.84. The Balaban J connectivity index is 1.62. The summed E-state index contributed by atoms with van der Waals surface area (Å²) in [6.07, 6.45) is 0. The van der Waals surface area contributed by atoms with Crippen LogP contribution < -0.4 is 10.2 Å². The highest BCUT2D eigenvalue weighted by atomic mass is 16.2. The number of piperazine rings is 1. The van der Waals surface area contributed by atoms with E-state index >= 15 is 0 Å². The van der Waals surface area contributed by atoms with Crippen LogP contribution >= 0.6 is 0 Å². The molecule has 2 aromatic carbocycles. The molecule has 1 amide bonds. The van der Waals surface area contributed by atoms with Crippen LogP contribution in [0.15, 0.2) is 48.5 Å². The second-order valence-electron chi connectivity index (χ2n) is 6.49. The fraction of sp³-hybridized carbons (Fsp3) is 0.300. The van der Waals surface area contributed by atoms with E-state index in [0.717, 1.165) is 37.4 Å². The van der Waals surface area contributed by atoms with Gasteiger partial charge in [-0.05, 0) is 38.2 Å². The Morgan fingerprint density at radius 3 is 2.08 bits per heavy atom. The monoisotopic (exact) mass is 337 g/mol. The van der Waals surface area contributed by atoms with Crippen molar-refractivity contribution in [2.75, 3.05) is 43.4 Å². The van der Waals surface area contributed by atoms with Crippen molar-refractivity contribution in [3.05, 3.63) is 59.7 Å². The smallest absolute Gasteiger partial charge is 0.296 e. The number of Topliss-reactive ketones (excluding diaryl/α,β-unsaturated/α-hetero) is 1. The first-order valence-electron chi connectivity index (χ1n) is 8.49. The number of nitrogens with one attached hydrogen (secondary N) is 1. The molecule has 5 heteroatoms. The molecule has 1 fully saturated rings. The van der Waals surface area contributed by atoms with Gasteiger partial charge < -0.3 is 15.1 Å². The predicted molar refractivity (Wildman–Crippen MR) is 100 cm³/mol. The molecule has 0 spiro atoms. The van der Waals surface area contributed by atoms with Gasteiger partial charge in [-0.25, -0.2) is 0 Å². The number of anilines is 2. The Labute approximate surface area is 148 Å². The predicted octanol–water partition coefficient (Wildman–Crippen LogP) is 2.57. The lowest BCUT2D eigenvalue weighted by atomic mass is 10.1. The highest BCUT2D eigenvalue weighted by molar-refractivity contribution is 6.46. The van der Waals surface area contributed by atoms with Crippen molar-refractivity contribution in [1.29, 1.82) is 0 Å². The van der Waals surface area contributed by atoms with Crippen molar-refractivity contribution in [2.45, 2.75) is 6.92 Å². The Morgan fingerprint density at radius 1 is 0.880 bits per heavy atom. The van der Waals surface area contributed by atoms with E-state index in [0.29, 0.717) is 11.3 Å². The summed E-state index contributed by atoms with van der Waals surface area (Å²) >= 11 is 0. The molecule has 3 rings (SSSR count). The zero-order valence-corrected chi connectivity index (χ0v) is 14.7. The quantitative estimate of drug-likeness (QED) is 0.688. The number of rotatable bonds is 4. The van der Waals surface area contributed by atoms with Crippen LogP contribution in [0.2, 0.25) is 0 Å². The summed E-state index contributed by atoms with van der Waals surface area (Å²) in [7, 11) is 2.13. The number of hydrogen-bond acceptors (Lipinski definition) is 4. The molecule has 2 aromatic rings. The highest BCUT2D eigenvalue weighted by Crippen LogP contribution is 2.19. The lowest BCUT2D eigenvalue weighted by Crippen LogP contribution is -2.44. The number of aryl methyl sites for hydroxylation is 1. The van der Waals surface area contributed by atoms with E-state index in [1.165, 1.54) is 0 Å². The van der Waals surface area contributed by atoms with Gasteiger partial charge in [-0.3, -0.25) is 9.59 Å². The number of carbonyl (C=O) groups is 2. The zero-order chi connectivity index (χ0) is 17.8. The standard InChI is InChI=1S/C20H23N3O2/c1-15-3-5-16(6-4-15)19(24)20(25)21-17-7-9-18(10-8-17)23-13-11-22(2)12-14-23/h3-10H,11-14H2,1-2H3,(H,21,25). The molecule has 1 aliphatic heterocycles. The van der Waals surface area contributed by atoms with Gasteiger partial charge in [-0.15, -0.1) is 0 Å². The third-order valence-corrected chi connectivity index (χ3v) is 4.51. The number of carbonyl (C=O) groups excluding carboxylic acids is 2. The Bertz CT molecular complexity index is 746. The van der Waals surface area contributed by atoms with Crippen molar-refractivity contribution >= 4 is 23.1 Å². The van der Waals surface area contributed by atoms with Gasteiger partial charge in [0, 0.05) is 43.1 Å². The van der Waals surface area contributed by atoms with Gasteiger partial charge in [0.1, 0.15) is 0 Å². The third kappa shape index (κ3) is 4.25. The first-order valence-corrected chi connectivity index (χ1v) is 8.49. The van der Waals surface area contributed by atoms with Gasteiger partial charge in [0.05, 0.1) is 0 Å². The van der Waals surface area contributed by atoms with E-state index in [9.17, 15) is 9.59 Å². The maximum atomic E-state index is 12.2. The Hall–Kier alpha value is -2.66. The lowest BCUT2D eigenvalue weighted by molar-refractivity contribution is -0.112. The molecule has 0 bridgehead atoms. The number of amides is 1. The summed E-state index contributed by atoms with van der Waals surface area (Å²) in [6.45, 7) is 6.02. The summed E-state index contributed by atoms with van der Waals surface area (Å²) in [5, 5.41) is 2.68. The van der Waals surface area contributed by atoms with Crippen molar-refractivity contribution in [1.82, 2.24) is 4.90 Å². The molecular weight excluding hydrogens is 314 g/mol. The summed E-state index contributed by atoms with van der Waals surface area (Å²) in [5.74, 6) is -1.14. The number of benzene rings is 2. The van der Waals surface area contributed by atoms with Crippen LogP contribution in [-0.4, -0.2) is 49.8 Å². The van der Waals surface area contributed by atoms with Gasteiger partial charge in [-0.1, -0.05) is 29.8 Å². The van der Waals surface area contributed by atoms with E-state index in [2.05, 4.69) is 22.2 Å².